The number of carboxylic acid groups (broad SMARTS) is 1. The molecule has 0 fully saturated rings. The first-order valence-electron chi connectivity index (χ1n) is 8.63. The van der Waals surface area contributed by atoms with Crippen molar-refractivity contribution in [3.05, 3.63) is 65.5 Å². The molecule has 1 aromatic heterocycles. The lowest BCUT2D eigenvalue weighted by atomic mass is 10.1. The van der Waals surface area contributed by atoms with Crippen LogP contribution < -0.4 is 5.73 Å². The summed E-state index contributed by atoms with van der Waals surface area (Å²) in [5.74, 6) is -0.0288. The highest BCUT2D eigenvalue weighted by atomic mass is 16.4. The molecule has 0 aliphatic heterocycles. The molecule has 3 rings (SSSR count). The number of benzene rings is 2. The number of carbonyl (C=O) groups is 1. The van der Waals surface area contributed by atoms with Gasteiger partial charge in [0.1, 0.15) is 5.82 Å². The predicted octanol–water partition coefficient (Wildman–Crippen LogP) is 3.97. The Hall–Kier alpha value is -2.66. The number of fused-ring (bicyclic) bond motifs is 1. The number of nitrogens with two attached hydrogens (primary N) is 1. The van der Waals surface area contributed by atoms with Crippen molar-refractivity contribution < 1.29 is 9.90 Å². The lowest BCUT2D eigenvalue weighted by Crippen LogP contribution is -2.17. The Bertz CT molecular complexity index is 868. The van der Waals surface area contributed by atoms with Crippen LogP contribution in [-0.4, -0.2) is 20.6 Å². The highest BCUT2D eigenvalue weighted by Gasteiger charge is 2.17. The molecule has 0 bridgehead atoms. The number of unbranched alkanes of at least 4 members (excludes halogenated alkanes) is 1. The Balaban J connectivity index is 1.96. The molecule has 130 valence electrons. The van der Waals surface area contributed by atoms with Crippen LogP contribution in [0.1, 0.15) is 54.0 Å². The van der Waals surface area contributed by atoms with Crippen LogP contribution in [-0.2, 0) is 6.54 Å². The quantitative estimate of drug-likeness (QED) is 0.683. The van der Waals surface area contributed by atoms with E-state index in [1.807, 2.05) is 36.4 Å². The lowest BCUT2D eigenvalue weighted by Gasteiger charge is -2.15. The van der Waals surface area contributed by atoms with E-state index in [0.717, 1.165) is 41.7 Å². The third-order valence-electron chi connectivity index (χ3n) is 4.43. The molecule has 0 amide bonds. The second-order valence-corrected chi connectivity index (χ2v) is 6.30. The van der Waals surface area contributed by atoms with Gasteiger partial charge in [-0.05, 0) is 36.2 Å². The minimum Gasteiger partial charge on any atom is -0.478 e. The van der Waals surface area contributed by atoms with Crippen LogP contribution in [0.5, 0.6) is 0 Å². The van der Waals surface area contributed by atoms with Crippen molar-refractivity contribution in [3.63, 3.8) is 0 Å². The zero-order valence-electron chi connectivity index (χ0n) is 14.4. The van der Waals surface area contributed by atoms with Gasteiger partial charge in [0.25, 0.3) is 0 Å². The van der Waals surface area contributed by atoms with Crippen molar-refractivity contribution in [1.29, 1.82) is 0 Å². The topological polar surface area (TPSA) is 81.1 Å². The normalized spacial score (nSPS) is 12.4. The number of para-hydroxylation sites is 2. The van der Waals surface area contributed by atoms with Gasteiger partial charge in [0.05, 0.1) is 22.6 Å². The molecular weight excluding hydrogens is 314 g/mol. The van der Waals surface area contributed by atoms with Crippen LogP contribution in [0, 0.1) is 0 Å². The first kappa shape index (κ1) is 17.2. The number of rotatable bonds is 7. The number of nitrogens with zero attached hydrogens (tertiary/aromatic N) is 2. The predicted molar refractivity (Wildman–Crippen MR) is 98.7 cm³/mol. The van der Waals surface area contributed by atoms with E-state index < -0.39 is 5.97 Å². The lowest BCUT2D eigenvalue weighted by molar-refractivity contribution is 0.0697. The van der Waals surface area contributed by atoms with E-state index in [4.69, 9.17) is 15.8 Å². The molecule has 1 atom stereocenters. The molecule has 0 aliphatic rings. The highest BCUT2D eigenvalue weighted by Crippen LogP contribution is 2.24. The molecule has 5 nitrogen and oxygen atoms in total. The van der Waals surface area contributed by atoms with Crippen molar-refractivity contribution in [1.82, 2.24) is 9.55 Å². The molecule has 2 aromatic carbocycles. The SMILES string of the molecule is CCCCC(N)c1nc2ccccc2n1Cc1ccc(C(=O)O)cc1. The van der Waals surface area contributed by atoms with Crippen LogP contribution in [0.4, 0.5) is 0 Å². The smallest absolute Gasteiger partial charge is 0.335 e. The Morgan fingerprint density at radius 1 is 1.20 bits per heavy atom. The standard InChI is InChI=1S/C20H23N3O2/c1-2-3-6-16(21)19-22-17-7-4-5-8-18(17)23(19)13-14-9-11-15(12-10-14)20(24)25/h4-5,7-12,16H,2-3,6,13,21H2,1H3,(H,24,25). The van der Waals surface area contributed by atoms with Gasteiger partial charge in [-0.1, -0.05) is 44.0 Å². The zero-order valence-corrected chi connectivity index (χ0v) is 14.4. The van der Waals surface area contributed by atoms with Crippen molar-refractivity contribution in [2.75, 3.05) is 0 Å². The molecule has 0 radical (unpaired) electrons. The molecule has 3 N–H and O–H groups in total. The van der Waals surface area contributed by atoms with Crippen LogP contribution in [0.2, 0.25) is 0 Å². The maximum absolute atomic E-state index is 11.0. The first-order valence-corrected chi connectivity index (χ1v) is 8.63. The summed E-state index contributed by atoms with van der Waals surface area (Å²) in [5, 5.41) is 9.04. The number of aromatic carboxylic acids is 1. The molecule has 1 unspecified atom stereocenters. The number of carboxylic acids is 1. The van der Waals surface area contributed by atoms with E-state index in [1.165, 1.54) is 0 Å². The van der Waals surface area contributed by atoms with E-state index in [2.05, 4.69) is 11.5 Å². The highest BCUT2D eigenvalue weighted by molar-refractivity contribution is 5.87. The van der Waals surface area contributed by atoms with Gasteiger partial charge in [-0.2, -0.15) is 0 Å². The van der Waals surface area contributed by atoms with E-state index in [1.54, 1.807) is 12.1 Å². The molecular formula is C20H23N3O2. The average molecular weight is 337 g/mol. The minimum atomic E-state index is -0.915. The van der Waals surface area contributed by atoms with Crippen molar-refractivity contribution in [2.24, 2.45) is 5.73 Å². The summed E-state index contributed by atoms with van der Waals surface area (Å²) in [4.78, 5) is 15.8. The van der Waals surface area contributed by atoms with Gasteiger partial charge in [-0.25, -0.2) is 9.78 Å². The summed E-state index contributed by atoms with van der Waals surface area (Å²) < 4.78 is 2.14. The Morgan fingerprint density at radius 3 is 2.60 bits per heavy atom. The summed E-state index contributed by atoms with van der Waals surface area (Å²) in [6.45, 7) is 2.77. The third kappa shape index (κ3) is 3.72. The average Bonchev–Trinajstić information content (AvgIpc) is 2.99. The van der Waals surface area contributed by atoms with Gasteiger partial charge < -0.3 is 15.4 Å². The van der Waals surface area contributed by atoms with Gasteiger partial charge in [0.15, 0.2) is 0 Å². The molecule has 0 spiro atoms. The maximum Gasteiger partial charge on any atom is 0.335 e. The number of aromatic nitrogens is 2. The van der Waals surface area contributed by atoms with E-state index >= 15 is 0 Å². The molecule has 0 saturated carbocycles. The monoisotopic (exact) mass is 337 g/mol. The van der Waals surface area contributed by atoms with Gasteiger partial charge >= 0.3 is 5.97 Å². The van der Waals surface area contributed by atoms with E-state index in [0.29, 0.717) is 12.1 Å². The zero-order chi connectivity index (χ0) is 17.8. The van der Waals surface area contributed by atoms with E-state index in [-0.39, 0.29) is 6.04 Å². The first-order chi connectivity index (χ1) is 12.1. The number of imidazole rings is 1. The van der Waals surface area contributed by atoms with Crippen molar-refractivity contribution in [3.8, 4) is 0 Å². The Morgan fingerprint density at radius 2 is 1.92 bits per heavy atom. The summed E-state index contributed by atoms with van der Waals surface area (Å²) in [5.41, 5.74) is 9.70. The summed E-state index contributed by atoms with van der Waals surface area (Å²) >= 11 is 0. The number of hydrogen-bond acceptors (Lipinski definition) is 3. The Kier molecular flexibility index (Phi) is 5.14. The second kappa shape index (κ2) is 7.49. The van der Waals surface area contributed by atoms with Crippen molar-refractivity contribution >= 4 is 17.0 Å². The van der Waals surface area contributed by atoms with Gasteiger partial charge in [0.2, 0.25) is 0 Å². The van der Waals surface area contributed by atoms with Crippen LogP contribution >= 0.6 is 0 Å². The van der Waals surface area contributed by atoms with Crippen molar-refractivity contribution in [2.45, 2.75) is 38.8 Å². The molecule has 0 saturated heterocycles. The van der Waals surface area contributed by atoms with E-state index in [9.17, 15) is 4.79 Å². The molecule has 5 heteroatoms. The summed E-state index contributed by atoms with van der Waals surface area (Å²) in [6.07, 6.45) is 3.07. The molecule has 1 heterocycles. The maximum atomic E-state index is 11.0. The largest absolute Gasteiger partial charge is 0.478 e. The van der Waals surface area contributed by atoms with Gasteiger partial charge in [0, 0.05) is 6.54 Å². The fraction of sp³-hybridized carbons (Fsp3) is 0.300. The number of hydrogen-bond donors (Lipinski definition) is 2. The fourth-order valence-electron chi connectivity index (χ4n) is 3.03. The van der Waals surface area contributed by atoms with Gasteiger partial charge in [-0.15, -0.1) is 0 Å². The summed E-state index contributed by atoms with van der Waals surface area (Å²) in [6, 6.07) is 14.9. The van der Waals surface area contributed by atoms with Crippen LogP contribution in [0.25, 0.3) is 11.0 Å². The molecule has 3 aromatic rings. The third-order valence-corrected chi connectivity index (χ3v) is 4.43. The van der Waals surface area contributed by atoms with Crippen LogP contribution in [0.3, 0.4) is 0 Å². The Labute approximate surface area is 147 Å². The van der Waals surface area contributed by atoms with Crippen LogP contribution in [0.15, 0.2) is 48.5 Å². The fourth-order valence-corrected chi connectivity index (χ4v) is 3.03. The van der Waals surface area contributed by atoms with Gasteiger partial charge in [-0.3, -0.25) is 0 Å². The summed E-state index contributed by atoms with van der Waals surface area (Å²) in [7, 11) is 0. The minimum absolute atomic E-state index is 0.106. The molecule has 0 aliphatic carbocycles. The second-order valence-electron chi connectivity index (χ2n) is 6.30. The molecule has 25 heavy (non-hydrogen) atoms.